The molecule has 0 radical (unpaired) electrons. The fourth-order valence-electron chi connectivity index (χ4n) is 1.84. The van der Waals surface area contributed by atoms with E-state index in [4.69, 9.17) is 0 Å². The van der Waals surface area contributed by atoms with Crippen molar-refractivity contribution in [2.75, 3.05) is 26.2 Å². The minimum Gasteiger partial charge on any atom is -0.356 e. The van der Waals surface area contributed by atoms with Crippen LogP contribution < -0.4 is 5.32 Å². The SMILES string of the molecule is CC.CCC(=O)NCCCN1CCCCC1.[HH]. The Labute approximate surface area is 102 Å². The fourth-order valence-corrected chi connectivity index (χ4v) is 1.84. The van der Waals surface area contributed by atoms with E-state index in [1.807, 2.05) is 20.8 Å². The predicted molar refractivity (Wildman–Crippen MR) is 71.7 cm³/mol. The highest BCUT2D eigenvalue weighted by Crippen LogP contribution is 2.08. The molecule has 0 aromatic heterocycles. The summed E-state index contributed by atoms with van der Waals surface area (Å²) in [7, 11) is 0. The summed E-state index contributed by atoms with van der Waals surface area (Å²) in [6.45, 7) is 10.4. The molecule has 0 bridgehead atoms. The highest BCUT2D eigenvalue weighted by molar-refractivity contribution is 5.75. The average Bonchev–Trinajstić information content (AvgIpc) is 2.38. The Bertz CT molecular complexity index is 171. The van der Waals surface area contributed by atoms with Gasteiger partial charge >= 0.3 is 0 Å². The molecular weight excluding hydrogens is 200 g/mol. The van der Waals surface area contributed by atoms with Gasteiger partial charge in [-0.05, 0) is 38.9 Å². The van der Waals surface area contributed by atoms with Gasteiger partial charge in [0.1, 0.15) is 0 Å². The number of hydrogen-bond donors (Lipinski definition) is 1. The number of rotatable bonds is 5. The summed E-state index contributed by atoms with van der Waals surface area (Å²) in [4.78, 5) is 13.4. The second-order valence-corrected chi connectivity index (χ2v) is 3.96. The molecule has 0 aromatic carbocycles. The van der Waals surface area contributed by atoms with Crippen LogP contribution in [0.15, 0.2) is 0 Å². The molecule has 1 aliphatic rings. The van der Waals surface area contributed by atoms with Crippen molar-refractivity contribution in [2.24, 2.45) is 0 Å². The van der Waals surface area contributed by atoms with Crippen LogP contribution in [0.5, 0.6) is 0 Å². The van der Waals surface area contributed by atoms with Crippen LogP contribution >= 0.6 is 0 Å². The largest absolute Gasteiger partial charge is 0.356 e. The number of likely N-dealkylation sites (tertiary alicyclic amines) is 1. The molecule has 3 heteroatoms. The van der Waals surface area contributed by atoms with E-state index in [1.165, 1.54) is 32.4 Å². The lowest BCUT2D eigenvalue weighted by molar-refractivity contribution is -0.120. The topological polar surface area (TPSA) is 32.3 Å². The van der Waals surface area contributed by atoms with Gasteiger partial charge in [0, 0.05) is 14.4 Å². The molecule has 1 amide bonds. The van der Waals surface area contributed by atoms with Gasteiger partial charge < -0.3 is 10.2 Å². The summed E-state index contributed by atoms with van der Waals surface area (Å²) in [6, 6.07) is 0. The standard InChI is InChI=1S/C11H22N2O.C2H6.H2/c1-2-11(14)12-7-6-10-13-8-4-3-5-9-13;1-2;/h2-10H2,1H3,(H,12,14);1-2H3;1H. The van der Waals surface area contributed by atoms with Gasteiger partial charge in [-0.3, -0.25) is 4.79 Å². The monoisotopic (exact) mass is 230 g/mol. The van der Waals surface area contributed by atoms with E-state index in [-0.39, 0.29) is 7.33 Å². The molecule has 16 heavy (non-hydrogen) atoms. The summed E-state index contributed by atoms with van der Waals surface area (Å²) in [5, 5.41) is 2.91. The van der Waals surface area contributed by atoms with Gasteiger partial charge in [-0.25, -0.2) is 0 Å². The number of carbonyl (C=O) groups excluding carboxylic acids is 1. The summed E-state index contributed by atoms with van der Waals surface area (Å²) < 4.78 is 0. The Morgan fingerprint density at radius 3 is 2.44 bits per heavy atom. The minimum atomic E-state index is 0. The van der Waals surface area contributed by atoms with Crippen molar-refractivity contribution in [3.05, 3.63) is 0 Å². The lowest BCUT2D eigenvalue weighted by Crippen LogP contribution is -2.33. The fraction of sp³-hybridized carbons (Fsp3) is 0.923. The van der Waals surface area contributed by atoms with Gasteiger partial charge in [-0.15, -0.1) is 0 Å². The zero-order chi connectivity index (χ0) is 12.2. The molecule has 0 atom stereocenters. The molecule has 0 aliphatic carbocycles. The van der Waals surface area contributed by atoms with Gasteiger partial charge in [0.05, 0.1) is 0 Å². The van der Waals surface area contributed by atoms with Crippen molar-refractivity contribution >= 4 is 5.91 Å². The number of piperidine rings is 1. The number of nitrogens with one attached hydrogen (secondary N) is 1. The van der Waals surface area contributed by atoms with Crippen molar-refractivity contribution in [3.8, 4) is 0 Å². The molecule has 0 aromatic rings. The zero-order valence-electron chi connectivity index (χ0n) is 11.2. The number of carbonyl (C=O) groups is 1. The Kier molecular flexibility index (Phi) is 10.5. The van der Waals surface area contributed by atoms with Gasteiger partial charge in [0.25, 0.3) is 0 Å². The third kappa shape index (κ3) is 7.69. The Hall–Kier alpha value is -0.570. The van der Waals surface area contributed by atoms with Crippen molar-refractivity contribution in [3.63, 3.8) is 0 Å². The van der Waals surface area contributed by atoms with E-state index in [1.54, 1.807) is 0 Å². The number of amides is 1. The second-order valence-electron chi connectivity index (χ2n) is 3.96. The van der Waals surface area contributed by atoms with Crippen LogP contribution in [0.1, 0.15) is 54.3 Å². The van der Waals surface area contributed by atoms with Crippen LogP contribution in [0.25, 0.3) is 0 Å². The minimum absolute atomic E-state index is 0. The van der Waals surface area contributed by atoms with Crippen molar-refractivity contribution in [2.45, 2.75) is 52.9 Å². The van der Waals surface area contributed by atoms with E-state index >= 15 is 0 Å². The first-order valence-electron chi connectivity index (χ1n) is 6.82. The first-order chi connectivity index (χ1) is 7.83. The molecule has 1 aliphatic heterocycles. The van der Waals surface area contributed by atoms with Crippen LogP contribution in [0.4, 0.5) is 0 Å². The van der Waals surface area contributed by atoms with E-state index in [2.05, 4.69) is 10.2 Å². The Balaban J connectivity index is 0. The molecule has 1 rings (SSSR count). The third-order valence-electron chi connectivity index (χ3n) is 2.74. The molecule has 1 heterocycles. The van der Waals surface area contributed by atoms with Crippen LogP contribution in [0.2, 0.25) is 0 Å². The van der Waals surface area contributed by atoms with Gasteiger partial charge in [-0.2, -0.15) is 0 Å². The third-order valence-corrected chi connectivity index (χ3v) is 2.74. The first-order valence-corrected chi connectivity index (χ1v) is 6.82. The summed E-state index contributed by atoms with van der Waals surface area (Å²) in [5.74, 6) is 0.170. The number of nitrogens with zero attached hydrogens (tertiary/aromatic N) is 1. The van der Waals surface area contributed by atoms with Crippen molar-refractivity contribution in [1.82, 2.24) is 10.2 Å². The molecule has 0 spiro atoms. The van der Waals surface area contributed by atoms with E-state index < -0.39 is 0 Å². The molecule has 1 saturated heterocycles. The Morgan fingerprint density at radius 2 is 1.88 bits per heavy atom. The Morgan fingerprint density at radius 1 is 1.25 bits per heavy atom. The van der Waals surface area contributed by atoms with Crippen LogP contribution in [0, 0.1) is 0 Å². The van der Waals surface area contributed by atoms with Crippen LogP contribution in [-0.2, 0) is 4.79 Å². The molecular formula is C13H30N2O. The number of hydrogen-bond acceptors (Lipinski definition) is 2. The maximum absolute atomic E-state index is 10.9. The van der Waals surface area contributed by atoms with Crippen LogP contribution in [-0.4, -0.2) is 37.0 Å². The molecule has 3 nitrogen and oxygen atoms in total. The van der Waals surface area contributed by atoms with Crippen molar-refractivity contribution in [1.29, 1.82) is 0 Å². The quantitative estimate of drug-likeness (QED) is 0.736. The molecule has 1 fully saturated rings. The molecule has 1 N–H and O–H groups in total. The van der Waals surface area contributed by atoms with Gasteiger partial charge in [0.15, 0.2) is 0 Å². The molecule has 0 saturated carbocycles. The van der Waals surface area contributed by atoms with E-state index in [0.29, 0.717) is 6.42 Å². The average molecular weight is 230 g/mol. The zero-order valence-corrected chi connectivity index (χ0v) is 11.2. The highest BCUT2D eigenvalue weighted by atomic mass is 16.1. The lowest BCUT2D eigenvalue weighted by Gasteiger charge is -2.26. The first kappa shape index (κ1) is 15.4. The summed E-state index contributed by atoms with van der Waals surface area (Å²) >= 11 is 0. The van der Waals surface area contributed by atoms with Crippen molar-refractivity contribution < 1.29 is 6.22 Å². The molecule has 0 unspecified atom stereocenters. The lowest BCUT2D eigenvalue weighted by atomic mass is 10.1. The summed E-state index contributed by atoms with van der Waals surface area (Å²) in [6.07, 6.45) is 5.78. The highest BCUT2D eigenvalue weighted by Gasteiger charge is 2.08. The maximum atomic E-state index is 10.9. The van der Waals surface area contributed by atoms with Crippen LogP contribution in [0.3, 0.4) is 0 Å². The predicted octanol–water partition coefficient (Wildman–Crippen LogP) is 2.66. The molecule has 98 valence electrons. The van der Waals surface area contributed by atoms with E-state index in [0.717, 1.165) is 19.5 Å². The van der Waals surface area contributed by atoms with Gasteiger partial charge in [0.2, 0.25) is 5.91 Å². The summed E-state index contributed by atoms with van der Waals surface area (Å²) in [5.41, 5.74) is 0. The van der Waals surface area contributed by atoms with Gasteiger partial charge in [-0.1, -0.05) is 27.2 Å². The van der Waals surface area contributed by atoms with E-state index in [9.17, 15) is 4.79 Å². The smallest absolute Gasteiger partial charge is 0.219 e. The second kappa shape index (κ2) is 10.9. The maximum Gasteiger partial charge on any atom is 0.219 e. The normalized spacial score (nSPS) is 16.2.